The summed E-state index contributed by atoms with van der Waals surface area (Å²) in [7, 11) is 1.66. The Hall–Kier alpha value is -3.34. The molecule has 1 amide bonds. The zero-order valence-corrected chi connectivity index (χ0v) is 14.6. The Kier molecular flexibility index (Phi) is 5.83. The van der Waals surface area contributed by atoms with Crippen LogP contribution in [-0.2, 0) is 6.42 Å². The lowest BCUT2D eigenvalue weighted by molar-refractivity contribution is 0.102. The number of rotatable bonds is 7. The molecule has 0 unspecified atom stereocenters. The molecule has 5 heteroatoms. The zero-order valence-electron chi connectivity index (χ0n) is 14.6. The molecule has 26 heavy (non-hydrogen) atoms. The summed E-state index contributed by atoms with van der Waals surface area (Å²) in [5.41, 5.74) is 2.75. The molecule has 2 N–H and O–H groups in total. The van der Waals surface area contributed by atoms with Gasteiger partial charge in [-0.05, 0) is 48.4 Å². The molecule has 0 fully saturated rings. The van der Waals surface area contributed by atoms with Crippen molar-refractivity contribution in [3.63, 3.8) is 0 Å². The Labute approximate surface area is 153 Å². The minimum atomic E-state index is -0.168. The van der Waals surface area contributed by atoms with Gasteiger partial charge in [-0.2, -0.15) is 0 Å². The molecule has 132 valence electrons. The van der Waals surface area contributed by atoms with Crippen LogP contribution in [0.2, 0.25) is 0 Å². The standard InChI is InChI=1S/C21H21N3O2/c1-26-19-10-7-16(8-11-19)13-14-22-18-9-12-20(23-15-18)24-21(25)17-5-3-2-4-6-17/h2-12,15,22H,13-14H2,1H3,(H,23,24,25). The highest BCUT2D eigenvalue weighted by atomic mass is 16.5. The van der Waals surface area contributed by atoms with E-state index in [0.29, 0.717) is 11.4 Å². The highest BCUT2D eigenvalue weighted by Gasteiger charge is 2.05. The lowest BCUT2D eigenvalue weighted by atomic mass is 10.1. The summed E-state index contributed by atoms with van der Waals surface area (Å²) in [4.78, 5) is 16.4. The van der Waals surface area contributed by atoms with Gasteiger partial charge < -0.3 is 15.4 Å². The van der Waals surface area contributed by atoms with Crippen molar-refractivity contribution in [2.75, 3.05) is 24.3 Å². The van der Waals surface area contributed by atoms with Crippen molar-refractivity contribution in [2.45, 2.75) is 6.42 Å². The van der Waals surface area contributed by atoms with Crippen LogP contribution in [0.15, 0.2) is 72.9 Å². The maximum Gasteiger partial charge on any atom is 0.256 e. The van der Waals surface area contributed by atoms with E-state index >= 15 is 0 Å². The van der Waals surface area contributed by atoms with Gasteiger partial charge in [0.2, 0.25) is 0 Å². The van der Waals surface area contributed by atoms with Gasteiger partial charge in [0.1, 0.15) is 11.6 Å². The summed E-state index contributed by atoms with van der Waals surface area (Å²) in [6.45, 7) is 0.795. The summed E-state index contributed by atoms with van der Waals surface area (Å²) < 4.78 is 5.16. The topological polar surface area (TPSA) is 63.2 Å². The van der Waals surface area contributed by atoms with Crippen LogP contribution in [0.1, 0.15) is 15.9 Å². The van der Waals surface area contributed by atoms with Gasteiger partial charge in [-0.15, -0.1) is 0 Å². The number of ether oxygens (including phenoxy) is 1. The van der Waals surface area contributed by atoms with Gasteiger partial charge in [0, 0.05) is 12.1 Å². The fourth-order valence-corrected chi connectivity index (χ4v) is 2.49. The SMILES string of the molecule is COc1ccc(CCNc2ccc(NC(=O)c3ccccc3)nc2)cc1. The van der Waals surface area contributed by atoms with Crippen molar-refractivity contribution < 1.29 is 9.53 Å². The van der Waals surface area contributed by atoms with Crippen molar-refractivity contribution in [2.24, 2.45) is 0 Å². The van der Waals surface area contributed by atoms with E-state index in [2.05, 4.69) is 27.8 Å². The molecule has 0 spiro atoms. The second-order valence-corrected chi connectivity index (χ2v) is 5.78. The lowest BCUT2D eigenvalue weighted by Crippen LogP contribution is -2.13. The molecule has 0 radical (unpaired) electrons. The molecule has 3 aromatic rings. The first-order chi connectivity index (χ1) is 12.7. The van der Waals surface area contributed by atoms with Gasteiger partial charge >= 0.3 is 0 Å². The Balaban J connectivity index is 1.48. The van der Waals surface area contributed by atoms with E-state index in [9.17, 15) is 4.79 Å². The van der Waals surface area contributed by atoms with E-state index in [1.54, 1.807) is 31.5 Å². The lowest BCUT2D eigenvalue weighted by Gasteiger charge is -2.08. The number of aromatic nitrogens is 1. The number of benzene rings is 2. The predicted octanol–water partition coefficient (Wildman–Crippen LogP) is 4.00. The van der Waals surface area contributed by atoms with Gasteiger partial charge in [-0.25, -0.2) is 4.98 Å². The monoisotopic (exact) mass is 347 g/mol. The van der Waals surface area contributed by atoms with E-state index in [-0.39, 0.29) is 5.91 Å². The predicted molar refractivity (Wildman–Crippen MR) is 104 cm³/mol. The van der Waals surface area contributed by atoms with E-state index in [4.69, 9.17) is 4.74 Å². The fraction of sp³-hybridized carbons (Fsp3) is 0.143. The molecular weight excluding hydrogens is 326 g/mol. The Morgan fingerprint density at radius 3 is 2.42 bits per heavy atom. The largest absolute Gasteiger partial charge is 0.497 e. The molecule has 2 aromatic carbocycles. The third kappa shape index (κ3) is 4.83. The van der Waals surface area contributed by atoms with Gasteiger partial charge in [-0.1, -0.05) is 30.3 Å². The van der Waals surface area contributed by atoms with Crippen LogP contribution in [0.4, 0.5) is 11.5 Å². The van der Waals surface area contributed by atoms with Crippen LogP contribution >= 0.6 is 0 Å². The molecular formula is C21H21N3O2. The molecule has 0 bridgehead atoms. The van der Waals surface area contributed by atoms with Crippen LogP contribution in [0, 0.1) is 0 Å². The maximum absolute atomic E-state index is 12.1. The highest BCUT2D eigenvalue weighted by molar-refractivity contribution is 6.03. The first-order valence-electron chi connectivity index (χ1n) is 8.44. The molecule has 0 aliphatic rings. The van der Waals surface area contributed by atoms with Crippen LogP contribution in [0.3, 0.4) is 0 Å². The van der Waals surface area contributed by atoms with E-state index in [0.717, 1.165) is 24.4 Å². The number of hydrogen-bond donors (Lipinski definition) is 2. The number of methoxy groups -OCH3 is 1. The van der Waals surface area contributed by atoms with Gasteiger partial charge in [0.05, 0.1) is 19.0 Å². The van der Waals surface area contributed by atoms with E-state index < -0.39 is 0 Å². The number of anilines is 2. The summed E-state index contributed by atoms with van der Waals surface area (Å²) in [5.74, 6) is 1.22. The molecule has 5 nitrogen and oxygen atoms in total. The quantitative estimate of drug-likeness (QED) is 0.678. The molecule has 0 atom stereocenters. The number of carbonyl (C=O) groups is 1. The van der Waals surface area contributed by atoms with Crippen molar-refractivity contribution in [1.29, 1.82) is 0 Å². The average Bonchev–Trinajstić information content (AvgIpc) is 2.70. The summed E-state index contributed by atoms with van der Waals surface area (Å²) >= 11 is 0. The smallest absolute Gasteiger partial charge is 0.256 e. The van der Waals surface area contributed by atoms with Crippen molar-refractivity contribution in [3.8, 4) is 5.75 Å². The minimum absolute atomic E-state index is 0.168. The number of hydrogen-bond acceptors (Lipinski definition) is 4. The van der Waals surface area contributed by atoms with Crippen LogP contribution in [-0.4, -0.2) is 24.5 Å². The molecule has 1 aromatic heterocycles. The molecule has 0 saturated carbocycles. The number of nitrogens with zero attached hydrogens (tertiary/aromatic N) is 1. The first kappa shape index (κ1) is 17.5. The Morgan fingerprint density at radius 2 is 1.77 bits per heavy atom. The van der Waals surface area contributed by atoms with Gasteiger partial charge in [0.25, 0.3) is 5.91 Å². The summed E-state index contributed by atoms with van der Waals surface area (Å²) in [5, 5.41) is 6.12. The number of pyridine rings is 1. The number of carbonyl (C=O) groups excluding carboxylic acids is 1. The summed E-state index contributed by atoms with van der Waals surface area (Å²) in [6, 6.07) is 20.8. The van der Waals surface area contributed by atoms with E-state index in [1.807, 2.05) is 36.4 Å². The van der Waals surface area contributed by atoms with E-state index in [1.165, 1.54) is 5.56 Å². The van der Waals surface area contributed by atoms with Crippen molar-refractivity contribution >= 4 is 17.4 Å². The van der Waals surface area contributed by atoms with Crippen LogP contribution < -0.4 is 15.4 Å². The summed E-state index contributed by atoms with van der Waals surface area (Å²) in [6.07, 6.45) is 2.62. The molecule has 1 heterocycles. The van der Waals surface area contributed by atoms with Gasteiger partial charge in [-0.3, -0.25) is 4.79 Å². The maximum atomic E-state index is 12.1. The number of amides is 1. The zero-order chi connectivity index (χ0) is 18.2. The third-order valence-corrected chi connectivity index (χ3v) is 3.94. The minimum Gasteiger partial charge on any atom is -0.497 e. The van der Waals surface area contributed by atoms with Gasteiger partial charge in [0.15, 0.2) is 0 Å². The fourth-order valence-electron chi connectivity index (χ4n) is 2.49. The second-order valence-electron chi connectivity index (χ2n) is 5.78. The molecule has 3 rings (SSSR count). The Morgan fingerprint density at radius 1 is 1.00 bits per heavy atom. The van der Waals surface area contributed by atoms with Crippen molar-refractivity contribution in [1.82, 2.24) is 4.98 Å². The first-order valence-corrected chi connectivity index (χ1v) is 8.44. The van der Waals surface area contributed by atoms with Crippen molar-refractivity contribution in [3.05, 3.63) is 84.1 Å². The molecule has 0 aliphatic heterocycles. The normalized spacial score (nSPS) is 10.2. The number of nitrogens with one attached hydrogen (secondary N) is 2. The van der Waals surface area contributed by atoms with Crippen LogP contribution in [0.5, 0.6) is 5.75 Å². The molecule has 0 saturated heterocycles. The second kappa shape index (κ2) is 8.67. The third-order valence-electron chi connectivity index (χ3n) is 3.94. The highest BCUT2D eigenvalue weighted by Crippen LogP contribution is 2.13. The van der Waals surface area contributed by atoms with Crippen LogP contribution in [0.25, 0.3) is 0 Å². The molecule has 0 aliphatic carbocycles. The Bertz CT molecular complexity index is 831. The average molecular weight is 347 g/mol.